The van der Waals surface area contributed by atoms with Gasteiger partial charge < -0.3 is 9.84 Å². The molecule has 11 heteroatoms. The number of halogens is 8. The number of rotatable bonds is 5. The van der Waals surface area contributed by atoms with E-state index in [-0.39, 0.29) is 11.3 Å². The van der Waals surface area contributed by atoms with Gasteiger partial charge in [0.05, 0.1) is 19.4 Å². The molecule has 23 heavy (non-hydrogen) atoms. The highest BCUT2D eigenvalue weighted by Crippen LogP contribution is 2.48. The molecule has 0 bridgehead atoms. The number of benzene rings is 1. The van der Waals surface area contributed by atoms with Crippen molar-refractivity contribution in [1.82, 2.24) is 0 Å². The summed E-state index contributed by atoms with van der Waals surface area (Å²) in [6.07, 6.45) is -6.52. The van der Waals surface area contributed by atoms with Crippen LogP contribution in [-0.4, -0.2) is 35.4 Å². The Labute approximate surface area is 130 Å². The Bertz CT molecular complexity index is 602. The van der Waals surface area contributed by atoms with Crippen molar-refractivity contribution >= 4 is 22.5 Å². The van der Waals surface area contributed by atoms with Gasteiger partial charge in [-0.25, -0.2) is 4.99 Å². The summed E-state index contributed by atoms with van der Waals surface area (Å²) < 4.78 is 93.4. The van der Waals surface area contributed by atoms with Crippen molar-refractivity contribution in [2.45, 2.75) is 24.6 Å². The lowest BCUT2D eigenvalue weighted by Crippen LogP contribution is -2.54. The van der Waals surface area contributed by atoms with Crippen LogP contribution in [0.1, 0.15) is 5.56 Å². The first-order valence-electron chi connectivity index (χ1n) is 5.73. The topological polar surface area (TPSA) is 41.8 Å². The minimum absolute atomic E-state index is 0.159. The molecule has 1 aromatic carbocycles. The van der Waals surface area contributed by atoms with Crippen LogP contribution in [0.2, 0.25) is 0 Å². The molecule has 0 heterocycles. The van der Waals surface area contributed by atoms with Gasteiger partial charge in [0.2, 0.25) is 0 Å². The Balaban J connectivity index is 3.33. The van der Waals surface area contributed by atoms with E-state index in [1.807, 2.05) is 0 Å². The van der Waals surface area contributed by atoms with Crippen molar-refractivity contribution in [3.05, 3.63) is 23.8 Å². The van der Waals surface area contributed by atoms with Crippen LogP contribution in [0.3, 0.4) is 0 Å². The van der Waals surface area contributed by atoms with E-state index in [0.717, 1.165) is 12.1 Å². The standard InChI is InChI=1S/C12H9ClF7NO2/c1-23-7-2-3-8(6(4-7)5-22)21-9(13)10(14,15)11(16,17)12(18,19)20/h2-4,22H,5H2,1H3. The molecule has 0 amide bonds. The third-order valence-electron chi connectivity index (χ3n) is 2.69. The highest BCUT2D eigenvalue weighted by atomic mass is 35.5. The zero-order chi connectivity index (χ0) is 18.1. The first kappa shape index (κ1) is 19.5. The zero-order valence-electron chi connectivity index (χ0n) is 11.3. The lowest BCUT2D eigenvalue weighted by atomic mass is 10.1. The number of aliphatic hydroxyl groups is 1. The Morgan fingerprint density at radius 1 is 1.17 bits per heavy atom. The van der Waals surface area contributed by atoms with Gasteiger partial charge >= 0.3 is 18.0 Å². The van der Waals surface area contributed by atoms with E-state index in [0.29, 0.717) is 0 Å². The number of ether oxygens (including phenoxy) is 1. The first-order valence-corrected chi connectivity index (χ1v) is 6.11. The van der Waals surface area contributed by atoms with Gasteiger partial charge in [0.1, 0.15) is 5.75 Å². The Morgan fingerprint density at radius 3 is 2.17 bits per heavy atom. The molecule has 0 aliphatic rings. The van der Waals surface area contributed by atoms with Gasteiger partial charge in [-0.15, -0.1) is 0 Å². The average molecular weight is 368 g/mol. The van der Waals surface area contributed by atoms with E-state index in [4.69, 9.17) is 21.4 Å². The molecule has 0 fully saturated rings. The van der Waals surface area contributed by atoms with E-state index in [1.165, 1.54) is 13.2 Å². The number of aliphatic hydroxyl groups excluding tert-OH is 1. The molecule has 0 saturated carbocycles. The maximum atomic E-state index is 13.3. The summed E-state index contributed by atoms with van der Waals surface area (Å²) in [6.45, 7) is -0.762. The van der Waals surface area contributed by atoms with Gasteiger partial charge in [0.15, 0.2) is 5.17 Å². The SMILES string of the molecule is COc1ccc(N=C(Cl)C(F)(F)C(F)(F)C(F)(F)F)c(CO)c1. The molecule has 130 valence electrons. The van der Waals surface area contributed by atoms with Crippen molar-refractivity contribution < 1.29 is 40.6 Å². The van der Waals surface area contributed by atoms with Crippen LogP contribution in [0.4, 0.5) is 36.4 Å². The maximum absolute atomic E-state index is 13.3. The molecule has 3 nitrogen and oxygen atoms in total. The summed E-state index contributed by atoms with van der Waals surface area (Å²) in [6, 6.07) is 3.26. The molecule has 0 unspecified atom stereocenters. The van der Waals surface area contributed by atoms with Crippen molar-refractivity contribution in [3.63, 3.8) is 0 Å². The summed E-state index contributed by atoms with van der Waals surface area (Å²) in [5.74, 6) is -12.0. The second-order valence-corrected chi connectivity index (χ2v) is 4.56. The minimum atomic E-state index is -6.52. The quantitative estimate of drug-likeness (QED) is 0.623. The van der Waals surface area contributed by atoms with E-state index >= 15 is 0 Å². The highest BCUT2D eigenvalue weighted by Gasteiger charge is 2.75. The fraction of sp³-hybridized carbons (Fsp3) is 0.417. The zero-order valence-corrected chi connectivity index (χ0v) is 12.0. The molecule has 0 aromatic heterocycles. The summed E-state index contributed by atoms with van der Waals surface area (Å²) in [4.78, 5) is 2.89. The van der Waals surface area contributed by atoms with Crippen LogP contribution in [0.15, 0.2) is 23.2 Å². The molecule has 0 spiro atoms. The largest absolute Gasteiger partial charge is 0.497 e. The van der Waals surface area contributed by atoms with E-state index < -0.39 is 35.5 Å². The van der Waals surface area contributed by atoms with Crippen molar-refractivity contribution in [2.75, 3.05) is 7.11 Å². The van der Waals surface area contributed by atoms with Gasteiger partial charge in [-0.1, -0.05) is 11.6 Å². The Morgan fingerprint density at radius 2 is 1.74 bits per heavy atom. The summed E-state index contributed by atoms with van der Waals surface area (Å²) in [5.41, 5.74) is -0.662. The third-order valence-corrected chi connectivity index (χ3v) is 3.01. The predicted molar refractivity (Wildman–Crippen MR) is 67.8 cm³/mol. The minimum Gasteiger partial charge on any atom is -0.497 e. The number of nitrogens with zero attached hydrogens (tertiary/aromatic N) is 1. The van der Waals surface area contributed by atoms with Crippen LogP contribution in [0.5, 0.6) is 5.75 Å². The Hall–Kier alpha value is -1.55. The van der Waals surface area contributed by atoms with Gasteiger partial charge in [-0.2, -0.15) is 30.7 Å². The average Bonchev–Trinajstić information content (AvgIpc) is 2.46. The molecule has 0 radical (unpaired) electrons. The molecule has 1 aromatic rings. The number of hydrogen-bond donors (Lipinski definition) is 1. The smallest absolute Gasteiger partial charge is 0.460 e. The summed E-state index contributed by atoms with van der Waals surface area (Å²) in [5, 5.41) is 6.80. The van der Waals surface area contributed by atoms with E-state index in [1.54, 1.807) is 0 Å². The molecule has 0 aliphatic carbocycles. The normalized spacial score (nSPS) is 14.1. The second-order valence-electron chi connectivity index (χ2n) is 4.20. The summed E-state index contributed by atoms with van der Waals surface area (Å²) in [7, 11) is 1.25. The molecular formula is C12H9ClF7NO2. The number of alkyl halides is 7. The Kier molecular flexibility index (Phi) is 5.53. The molecule has 1 rings (SSSR count). The van der Waals surface area contributed by atoms with Gasteiger partial charge in [0.25, 0.3) is 0 Å². The summed E-state index contributed by atoms with van der Waals surface area (Å²) >= 11 is 4.91. The van der Waals surface area contributed by atoms with Crippen molar-refractivity contribution in [2.24, 2.45) is 4.99 Å². The van der Waals surface area contributed by atoms with E-state index in [9.17, 15) is 30.7 Å². The number of hydrogen-bond acceptors (Lipinski definition) is 3. The lowest BCUT2D eigenvalue weighted by molar-refractivity contribution is -0.335. The fourth-order valence-corrected chi connectivity index (χ4v) is 1.62. The highest BCUT2D eigenvalue weighted by molar-refractivity contribution is 6.67. The predicted octanol–water partition coefficient (Wildman–Crippen LogP) is 4.29. The first-order chi connectivity index (χ1) is 10.4. The molecule has 0 saturated heterocycles. The van der Waals surface area contributed by atoms with Gasteiger partial charge in [-0.05, 0) is 18.2 Å². The number of aliphatic imine (C=N–C) groups is 1. The molecule has 0 aliphatic heterocycles. The second kappa shape index (κ2) is 6.52. The van der Waals surface area contributed by atoms with Crippen LogP contribution >= 0.6 is 11.6 Å². The van der Waals surface area contributed by atoms with Crippen LogP contribution in [-0.2, 0) is 6.61 Å². The lowest BCUT2D eigenvalue weighted by Gasteiger charge is -2.27. The maximum Gasteiger partial charge on any atom is 0.460 e. The molecular weight excluding hydrogens is 359 g/mol. The van der Waals surface area contributed by atoms with Gasteiger partial charge in [-0.3, -0.25) is 0 Å². The van der Waals surface area contributed by atoms with Crippen LogP contribution in [0.25, 0.3) is 0 Å². The molecule has 1 N–H and O–H groups in total. The fourth-order valence-electron chi connectivity index (χ4n) is 1.41. The molecule has 0 atom stereocenters. The van der Waals surface area contributed by atoms with E-state index in [2.05, 4.69) is 4.99 Å². The van der Waals surface area contributed by atoms with Gasteiger partial charge in [0, 0.05) is 5.56 Å². The number of methoxy groups -OCH3 is 1. The monoisotopic (exact) mass is 367 g/mol. The van der Waals surface area contributed by atoms with Crippen molar-refractivity contribution in [3.8, 4) is 5.75 Å². The van der Waals surface area contributed by atoms with Crippen LogP contribution < -0.4 is 4.74 Å². The van der Waals surface area contributed by atoms with Crippen molar-refractivity contribution in [1.29, 1.82) is 0 Å². The van der Waals surface area contributed by atoms with Crippen LogP contribution in [0, 0.1) is 0 Å². The third kappa shape index (κ3) is 3.69.